The van der Waals surface area contributed by atoms with Gasteiger partial charge < -0.3 is 19.9 Å². The standard InChI is InChI=1S/C24H28FN7O/c1-33-21-13-19(8-9-26-21)30-14-16-6-7-17(15-30)22(16)27-23-28-24-31(10-3-11-32(24)29-23)20-5-2-4-18(25)12-20/h2,4-5,8-9,12-13,16-17,22H,3,6-7,10-11,14-15H2,1H3,(H,27,29)/t16-,17+,22?. The Morgan fingerprint density at radius 1 is 1.06 bits per heavy atom. The molecule has 1 N–H and O–H groups in total. The first-order valence-electron chi connectivity index (χ1n) is 11.7. The zero-order valence-electron chi connectivity index (χ0n) is 18.7. The lowest BCUT2D eigenvalue weighted by molar-refractivity contribution is 0.374. The van der Waals surface area contributed by atoms with Gasteiger partial charge in [-0.3, -0.25) is 0 Å². The van der Waals surface area contributed by atoms with Crippen molar-refractivity contribution in [1.29, 1.82) is 0 Å². The van der Waals surface area contributed by atoms with E-state index in [-0.39, 0.29) is 5.82 Å². The molecule has 8 nitrogen and oxygen atoms in total. The molecule has 1 aromatic carbocycles. The van der Waals surface area contributed by atoms with Crippen molar-refractivity contribution in [3.8, 4) is 5.88 Å². The summed E-state index contributed by atoms with van der Waals surface area (Å²) in [5.41, 5.74) is 1.98. The number of nitrogens with one attached hydrogen (secondary N) is 1. The maximum absolute atomic E-state index is 13.8. The molecule has 3 aromatic rings. The minimum atomic E-state index is -0.238. The minimum Gasteiger partial charge on any atom is -0.481 e. The van der Waals surface area contributed by atoms with Crippen molar-refractivity contribution in [2.24, 2.45) is 11.8 Å². The fraction of sp³-hybridized carbons (Fsp3) is 0.458. The second kappa shape index (κ2) is 8.20. The van der Waals surface area contributed by atoms with E-state index in [9.17, 15) is 4.39 Å². The third-order valence-electron chi connectivity index (χ3n) is 7.19. The van der Waals surface area contributed by atoms with Gasteiger partial charge in [-0.15, -0.1) is 5.10 Å². The van der Waals surface area contributed by atoms with E-state index in [1.807, 2.05) is 23.0 Å². The molecule has 0 amide bonds. The van der Waals surface area contributed by atoms with Crippen LogP contribution in [0.15, 0.2) is 42.6 Å². The lowest BCUT2D eigenvalue weighted by atomic mass is 9.92. The van der Waals surface area contributed by atoms with Crippen LogP contribution in [0.4, 0.5) is 27.7 Å². The summed E-state index contributed by atoms with van der Waals surface area (Å²) in [4.78, 5) is 13.6. The van der Waals surface area contributed by atoms with Crippen LogP contribution in [0.2, 0.25) is 0 Å². The molecule has 6 rings (SSSR count). The van der Waals surface area contributed by atoms with Crippen molar-refractivity contribution in [2.75, 3.05) is 41.9 Å². The lowest BCUT2D eigenvalue weighted by Crippen LogP contribution is -2.48. The van der Waals surface area contributed by atoms with Gasteiger partial charge in [0.05, 0.1) is 7.11 Å². The zero-order valence-corrected chi connectivity index (χ0v) is 18.7. The molecule has 1 unspecified atom stereocenters. The first kappa shape index (κ1) is 20.3. The molecule has 2 aromatic heterocycles. The van der Waals surface area contributed by atoms with Gasteiger partial charge in [-0.2, -0.15) is 4.98 Å². The predicted octanol–water partition coefficient (Wildman–Crippen LogP) is 3.69. The normalized spacial score (nSPS) is 24.0. The van der Waals surface area contributed by atoms with Gasteiger partial charge in [-0.1, -0.05) is 6.07 Å². The van der Waals surface area contributed by atoms with Crippen molar-refractivity contribution >= 4 is 23.3 Å². The van der Waals surface area contributed by atoms with E-state index >= 15 is 0 Å². The number of halogens is 1. The Morgan fingerprint density at radius 3 is 2.70 bits per heavy atom. The largest absolute Gasteiger partial charge is 0.481 e. The summed E-state index contributed by atoms with van der Waals surface area (Å²) >= 11 is 0. The summed E-state index contributed by atoms with van der Waals surface area (Å²) in [5.74, 6) is 2.93. The highest BCUT2D eigenvalue weighted by atomic mass is 19.1. The predicted molar refractivity (Wildman–Crippen MR) is 125 cm³/mol. The van der Waals surface area contributed by atoms with Crippen LogP contribution in [0, 0.1) is 17.7 Å². The van der Waals surface area contributed by atoms with Gasteiger partial charge in [0.15, 0.2) is 0 Å². The Morgan fingerprint density at radius 2 is 1.91 bits per heavy atom. The van der Waals surface area contributed by atoms with Gasteiger partial charge in [0, 0.05) is 55.9 Å². The first-order chi connectivity index (χ1) is 16.2. The number of hydrogen-bond acceptors (Lipinski definition) is 7. The number of pyridine rings is 1. The number of aryl methyl sites for hydroxylation is 1. The molecule has 3 aliphatic rings. The molecule has 1 saturated heterocycles. The maximum Gasteiger partial charge on any atom is 0.244 e. The van der Waals surface area contributed by atoms with E-state index in [1.54, 1.807) is 19.2 Å². The van der Waals surface area contributed by atoms with Gasteiger partial charge in [-0.25, -0.2) is 14.1 Å². The molecule has 2 aliphatic heterocycles. The molecule has 1 saturated carbocycles. The number of anilines is 4. The fourth-order valence-electron chi connectivity index (χ4n) is 5.64. The summed E-state index contributed by atoms with van der Waals surface area (Å²) in [5, 5.41) is 8.43. The molecule has 2 fully saturated rings. The molecular weight excluding hydrogens is 421 g/mol. The number of nitrogens with zero attached hydrogens (tertiary/aromatic N) is 6. The van der Waals surface area contributed by atoms with Gasteiger partial charge in [0.1, 0.15) is 5.82 Å². The highest BCUT2D eigenvalue weighted by molar-refractivity contribution is 5.59. The number of ether oxygens (including phenoxy) is 1. The molecule has 4 heterocycles. The number of benzene rings is 1. The number of aromatic nitrogens is 4. The number of hydrogen-bond donors (Lipinski definition) is 1. The van der Waals surface area contributed by atoms with Crippen LogP contribution in [-0.2, 0) is 6.54 Å². The fourth-order valence-corrected chi connectivity index (χ4v) is 5.64. The Bertz CT molecular complexity index is 1140. The van der Waals surface area contributed by atoms with Crippen LogP contribution in [-0.4, -0.2) is 52.5 Å². The summed E-state index contributed by atoms with van der Waals surface area (Å²) in [7, 11) is 1.65. The van der Waals surface area contributed by atoms with Crippen molar-refractivity contribution in [3.63, 3.8) is 0 Å². The molecule has 3 atom stereocenters. The van der Waals surface area contributed by atoms with Crippen molar-refractivity contribution < 1.29 is 9.13 Å². The Hall–Kier alpha value is -3.36. The number of rotatable bonds is 5. The molecule has 9 heteroatoms. The summed E-state index contributed by atoms with van der Waals surface area (Å²) in [6.07, 6.45) is 5.16. The number of methoxy groups -OCH3 is 1. The maximum atomic E-state index is 13.8. The minimum absolute atomic E-state index is 0.238. The quantitative estimate of drug-likeness (QED) is 0.637. The number of piperidine rings is 1. The average Bonchev–Trinajstić information content (AvgIpc) is 3.34. The summed E-state index contributed by atoms with van der Waals surface area (Å²) < 4.78 is 21.1. The molecule has 2 bridgehead atoms. The van der Waals surface area contributed by atoms with E-state index in [0.717, 1.165) is 44.2 Å². The Kier molecular flexibility index (Phi) is 5.04. The molecule has 1 aliphatic carbocycles. The molecule has 33 heavy (non-hydrogen) atoms. The topological polar surface area (TPSA) is 71.3 Å². The second-order valence-electron chi connectivity index (χ2n) is 9.17. The van der Waals surface area contributed by atoms with Crippen LogP contribution >= 0.6 is 0 Å². The smallest absolute Gasteiger partial charge is 0.244 e. The van der Waals surface area contributed by atoms with E-state index in [0.29, 0.717) is 29.7 Å². The van der Waals surface area contributed by atoms with Crippen molar-refractivity contribution in [2.45, 2.75) is 31.8 Å². The van der Waals surface area contributed by atoms with Gasteiger partial charge in [0.25, 0.3) is 0 Å². The van der Waals surface area contributed by atoms with Crippen molar-refractivity contribution in [1.82, 2.24) is 19.7 Å². The third-order valence-corrected chi connectivity index (χ3v) is 7.19. The molecule has 0 spiro atoms. The van der Waals surface area contributed by atoms with Crippen LogP contribution in [0.5, 0.6) is 5.88 Å². The van der Waals surface area contributed by atoms with Gasteiger partial charge in [-0.05, 0) is 55.4 Å². The zero-order chi connectivity index (χ0) is 22.4. The lowest BCUT2D eigenvalue weighted by Gasteiger charge is -2.39. The summed E-state index contributed by atoms with van der Waals surface area (Å²) in [6.45, 7) is 3.61. The summed E-state index contributed by atoms with van der Waals surface area (Å²) in [6, 6.07) is 11.1. The molecular formula is C24H28FN7O. The van der Waals surface area contributed by atoms with E-state index in [2.05, 4.69) is 26.2 Å². The highest BCUT2D eigenvalue weighted by Crippen LogP contribution is 2.40. The monoisotopic (exact) mass is 449 g/mol. The van der Waals surface area contributed by atoms with Gasteiger partial charge >= 0.3 is 0 Å². The Labute approximate surface area is 192 Å². The van der Waals surface area contributed by atoms with Crippen LogP contribution in [0.3, 0.4) is 0 Å². The van der Waals surface area contributed by atoms with Crippen molar-refractivity contribution in [3.05, 3.63) is 48.4 Å². The molecule has 0 radical (unpaired) electrons. The van der Waals surface area contributed by atoms with Crippen LogP contribution in [0.25, 0.3) is 0 Å². The van der Waals surface area contributed by atoms with Crippen LogP contribution < -0.4 is 19.9 Å². The van der Waals surface area contributed by atoms with E-state index in [4.69, 9.17) is 14.8 Å². The first-order valence-corrected chi connectivity index (χ1v) is 11.7. The highest BCUT2D eigenvalue weighted by Gasteiger charge is 2.43. The SMILES string of the molecule is COc1cc(N2C[C@H]3CC[C@@H](C2)C3Nc2nc3n(n2)CCCN3c2cccc(F)c2)ccn1. The van der Waals surface area contributed by atoms with E-state index in [1.165, 1.54) is 24.6 Å². The van der Waals surface area contributed by atoms with Gasteiger partial charge in [0.2, 0.25) is 17.8 Å². The second-order valence-corrected chi connectivity index (χ2v) is 9.17. The van der Waals surface area contributed by atoms with E-state index < -0.39 is 0 Å². The number of fused-ring (bicyclic) bond motifs is 3. The average molecular weight is 450 g/mol. The third kappa shape index (κ3) is 3.75. The van der Waals surface area contributed by atoms with Crippen LogP contribution in [0.1, 0.15) is 19.3 Å². The Balaban J connectivity index is 1.19. The molecule has 172 valence electrons.